The normalized spacial score (nSPS) is 14.0. The van der Waals surface area contributed by atoms with Crippen LogP contribution in [0.1, 0.15) is 55.7 Å². The second-order valence-electron chi connectivity index (χ2n) is 6.26. The molecule has 2 aromatic rings. The molecule has 0 aliphatic heterocycles. The fourth-order valence-corrected chi connectivity index (χ4v) is 2.50. The molecule has 2 unspecified atom stereocenters. The zero-order valence-electron chi connectivity index (χ0n) is 14.6. The van der Waals surface area contributed by atoms with E-state index in [2.05, 4.69) is 23.9 Å². The third-order valence-electron chi connectivity index (χ3n) is 4.16. The molecule has 1 N–H and O–H groups in total. The second-order valence-corrected chi connectivity index (χ2v) is 6.26. The van der Waals surface area contributed by atoms with Crippen molar-refractivity contribution >= 4 is 16.9 Å². The van der Waals surface area contributed by atoms with Gasteiger partial charge in [0, 0.05) is 19.3 Å². The van der Waals surface area contributed by atoms with E-state index in [9.17, 15) is 9.90 Å². The zero-order chi connectivity index (χ0) is 17.1. The van der Waals surface area contributed by atoms with Gasteiger partial charge in [0.25, 0.3) is 5.91 Å². The van der Waals surface area contributed by atoms with Crippen molar-refractivity contribution in [3.05, 3.63) is 23.5 Å². The van der Waals surface area contributed by atoms with Crippen molar-refractivity contribution in [3.63, 3.8) is 0 Å². The number of rotatable bonds is 6. The predicted molar refractivity (Wildman–Crippen MR) is 90.5 cm³/mol. The van der Waals surface area contributed by atoms with Gasteiger partial charge in [-0.2, -0.15) is 5.10 Å². The maximum absolute atomic E-state index is 12.8. The number of hydrogen-bond donors (Lipinski definition) is 1. The molecule has 2 heterocycles. The van der Waals surface area contributed by atoms with Gasteiger partial charge < -0.3 is 10.0 Å². The van der Waals surface area contributed by atoms with Crippen LogP contribution in [0.2, 0.25) is 0 Å². The van der Waals surface area contributed by atoms with Gasteiger partial charge in [0.15, 0.2) is 5.65 Å². The average molecular weight is 318 g/mol. The Morgan fingerprint density at radius 1 is 1.43 bits per heavy atom. The lowest BCUT2D eigenvalue weighted by Crippen LogP contribution is -2.29. The van der Waals surface area contributed by atoms with Crippen molar-refractivity contribution in [1.29, 1.82) is 0 Å². The number of aryl methyl sites for hydroxylation is 1. The van der Waals surface area contributed by atoms with Gasteiger partial charge in [-0.25, -0.2) is 9.67 Å². The Labute approximate surface area is 137 Å². The SMILES string of the molecule is CCC(C)n1ncc2c(C(=O)N(C)CCC(C)O)cc(C)nc21. The molecular weight excluding hydrogens is 292 g/mol. The van der Waals surface area contributed by atoms with Crippen LogP contribution in [0.15, 0.2) is 12.3 Å². The number of aromatic nitrogens is 3. The number of nitrogens with zero attached hydrogens (tertiary/aromatic N) is 4. The fourth-order valence-electron chi connectivity index (χ4n) is 2.50. The van der Waals surface area contributed by atoms with Gasteiger partial charge in [-0.3, -0.25) is 4.79 Å². The first kappa shape index (κ1) is 17.4. The molecule has 0 aromatic carbocycles. The topological polar surface area (TPSA) is 71.2 Å². The monoisotopic (exact) mass is 318 g/mol. The molecule has 0 radical (unpaired) electrons. The molecular formula is C17H26N4O2. The summed E-state index contributed by atoms with van der Waals surface area (Å²) in [7, 11) is 1.76. The van der Waals surface area contributed by atoms with Gasteiger partial charge in [0.05, 0.1) is 29.3 Å². The van der Waals surface area contributed by atoms with E-state index in [1.165, 1.54) is 0 Å². The van der Waals surface area contributed by atoms with Gasteiger partial charge in [0.2, 0.25) is 0 Å². The van der Waals surface area contributed by atoms with Gasteiger partial charge >= 0.3 is 0 Å². The van der Waals surface area contributed by atoms with Gasteiger partial charge in [-0.05, 0) is 39.7 Å². The molecule has 1 amide bonds. The standard InChI is InChI=1S/C17H26N4O2/c1-6-12(3)21-16-15(10-18-21)14(9-11(2)19-16)17(23)20(5)8-7-13(4)22/h9-10,12-13,22H,6-8H2,1-5H3. The Bertz CT molecular complexity index is 693. The lowest BCUT2D eigenvalue weighted by molar-refractivity contribution is 0.0770. The molecule has 6 heteroatoms. The first-order chi connectivity index (χ1) is 10.8. The maximum Gasteiger partial charge on any atom is 0.254 e. The number of pyridine rings is 1. The number of carbonyl (C=O) groups excluding carboxylic acids is 1. The Balaban J connectivity index is 2.40. The number of aliphatic hydroxyl groups excluding tert-OH is 1. The lowest BCUT2D eigenvalue weighted by atomic mass is 10.1. The molecule has 126 valence electrons. The molecule has 0 spiro atoms. The predicted octanol–water partition coefficient (Wildman–Crippen LogP) is 2.55. The summed E-state index contributed by atoms with van der Waals surface area (Å²) in [6, 6.07) is 2.05. The van der Waals surface area contributed by atoms with Crippen molar-refractivity contribution < 1.29 is 9.90 Å². The molecule has 0 aliphatic rings. The van der Waals surface area contributed by atoms with Gasteiger partial charge in [-0.1, -0.05) is 6.92 Å². The molecule has 0 bridgehead atoms. The number of carbonyl (C=O) groups is 1. The van der Waals surface area contributed by atoms with Crippen molar-refractivity contribution in [2.24, 2.45) is 0 Å². The summed E-state index contributed by atoms with van der Waals surface area (Å²) in [6.45, 7) is 8.32. The van der Waals surface area contributed by atoms with Gasteiger partial charge in [-0.15, -0.1) is 0 Å². The third kappa shape index (κ3) is 3.69. The summed E-state index contributed by atoms with van der Waals surface area (Å²) in [4.78, 5) is 19.0. The van der Waals surface area contributed by atoms with Crippen LogP contribution in [0.4, 0.5) is 0 Å². The summed E-state index contributed by atoms with van der Waals surface area (Å²) in [5.74, 6) is -0.0650. The van der Waals surface area contributed by atoms with Crippen LogP contribution < -0.4 is 0 Å². The Kier molecular flexibility index (Phi) is 5.36. The smallest absolute Gasteiger partial charge is 0.254 e. The first-order valence-electron chi connectivity index (χ1n) is 8.13. The number of fused-ring (bicyclic) bond motifs is 1. The first-order valence-corrected chi connectivity index (χ1v) is 8.13. The van der Waals surface area contributed by atoms with E-state index in [1.54, 1.807) is 25.1 Å². The molecule has 0 saturated heterocycles. The fraction of sp³-hybridized carbons (Fsp3) is 0.588. The molecule has 2 rings (SSSR count). The minimum absolute atomic E-state index is 0.0650. The summed E-state index contributed by atoms with van der Waals surface area (Å²) >= 11 is 0. The van der Waals surface area contributed by atoms with E-state index in [-0.39, 0.29) is 11.9 Å². The highest BCUT2D eigenvalue weighted by molar-refractivity contribution is 6.05. The van der Waals surface area contributed by atoms with Crippen molar-refractivity contribution in [3.8, 4) is 0 Å². The minimum Gasteiger partial charge on any atom is -0.393 e. The van der Waals surface area contributed by atoms with E-state index in [4.69, 9.17) is 0 Å². The summed E-state index contributed by atoms with van der Waals surface area (Å²) in [6.07, 6.45) is 2.81. The van der Waals surface area contributed by atoms with Crippen LogP contribution in [0.3, 0.4) is 0 Å². The van der Waals surface area contributed by atoms with Crippen molar-refractivity contribution in [2.45, 2.75) is 52.7 Å². The van der Waals surface area contributed by atoms with Crippen LogP contribution in [-0.4, -0.2) is 50.4 Å². The maximum atomic E-state index is 12.8. The van der Waals surface area contributed by atoms with Crippen LogP contribution in [0, 0.1) is 6.92 Å². The Morgan fingerprint density at radius 3 is 2.74 bits per heavy atom. The summed E-state index contributed by atoms with van der Waals surface area (Å²) in [5.41, 5.74) is 2.18. The van der Waals surface area contributed by atoms with E-state index in [0.29, 0.717) is 18.5 Å². The summed E-state index contributed by atoms with van der Waals surface area (Å²) in [5, 5.41) is 14.6. The number of aliphatic hydroxyl groups is 1. The van der Waals surface area contributed by atoms with Crippen LogP contribution in [-0.2, 0) is 0 Å². The Hall–Kier alpha value is -1.95. The molecule has 2 aromatic heterocycles. The van der Waals surface area contributed by atoms with Crippen LogP contribution >= 0.6 is 0 Å². The van der Waals surface area contributed by atoms with Crippen molar-refractivity contribution in [1.82, 2.24) is 19.7 Å². The molecule has 23 heavy (non-hydrogen) atoms. The molecule has 2 atom stereocenters. The van der Waals surface area contributed by atoms with E-state index in [1.807, 2.05) is 17.7 Å². The van der Waals surface area contributed by atoms with Gasteiger partial charge in [0.1, 0.15) is 0 Å². The zero-order valence-corrected chi connectivity index (χ0v) is 14.6. The van der Waals surface area contributed by atoms with E-state index in [0.717, 1.165) is 23.1 Å². The van der Waals surface area contributed by atoms with E-state index >= 15 is 0 Å². The summed E-state index contributed by atoms with van der Waals surface area (Å²) < 4.78 is 1.88. The third-order valence-corrected chi connectivity index (χ3v) is 4.16. The highest BCUT2D eigenvalue weighted by Gasteiger charge is 2.20. The largest absolute Gasteiger partial charge is 0.393 e. The molecule has 0 fully saturated rings. The molecule has 0 saturated carbocycles. The molecule has 0 aliphatic carbocycles. The highest BCUT2D eigenvalue weighted by atomic mass is 16.3. The van der Waals surface area contributed by atoms with Crippen LogP contribution in [0.5, 0.6) is 0 Å². The lowest BCUT2D eigenvalue weighted by Gasteiger charge is -2.19. The van der Waals surface area contributed by atoms with Crippen LogP contribution in [0.25, 0.3) is 11.0 Å². The highest BCUT2D eigenvalue weighted by Crippen LogP contribution is 2.23. The quantitative estimate of drug-likeness (QED) is 0.888. The average Bonchev–Trinajstić information content (AvgIpc) is 2.93. The minimum atomic E-state index is -0.419. The Morgan fingerprint density at radius 2 is 2.13 bits per heavy atom. The number of amides is 1. The van der Waals surface area contributed by atoms with Crippen molar-refractivity contribution in [2.75, 3.05) is 13.6 Å². The molecule has 6 nitrogen and oxygen atoms in total. The number of hydrogen-bond acceptors (Lipinski definition) is 4. The second kappa shape index (κ2) is 7.08. The van der Waals surface area contributed by atoms with E-state index < -0.39 is 6.10 Å².